The van der Waals surface area contributed by atoms with Gasteiger partial charge in [0.15, 0.2) is 11.5 Å². The van der Waals surface area contributed by atoms with E-state index in [1.165, 1.54) is 0 Å². The summed E-state index contributed by atoms with van der Waals surface area (Å²) in [6.45, 7) is 2.77. The van der Waals surface area contributed by atoms with Crippen molar-refractivity contribution < 1.29 is 9.90 Å². The molecule has 0 aliphatic carbocycles. The van der Waals surface area contributed by atoms with E-state index in [1.54, 1.807) is 17.0 Å². The van der Waals surface area contributed by atoms with Crippen LogP contribution < -0.4 is 11.3 Å². The lowest BCUT2D eigenvalue weighted by atomic mass is 10.3. The minimum absolute atomic E-state index is 0.0678. The number of hydrogen-bond acceptors (Lipinski definition) is 6. The number of hydrogen-bond donors (Lipinski definition) is 3. The molecule has 0 atom stereocenters. The maximum Gasteiger partial charge on any atom is 0.274 e. The Morgan fingerprint density at radius 2 is 2.24 bits per heavy atom. The summed E-state index contributed by atoms with van der Waals surface area (Å²) < 4.78 is 0. The molecule has 0 saturated carbocycles. The maximum absolute atomic E-state index is 12.0. The zero-order chi connectivity index (χ0) is 12.7. The normalized spacial score (nSPS) is 10.1. The fourth-order valence-electron chi connectivity index (χ4n) is 1.39. The minimum Gasteiger partial charge on any atom is -0.395 e. The number of nitrogens with zero attached hydrogens (tertiary/aromatic N) is 3. The van der Waals surface area contributed by atoms with Gasteiger partial charge in [0, 0.05) is 13.1 Å². The zero-order valence-electron chi connectivity index (χ0n) is 9.76. The number of aliphatic hydroxyl groups excluding tert-OH is 1. The first-order valence-electron chi connectivity index (χ1n) is 5.43. The second-order valence-corrected chi connectivity index (χ2v) is 3.46. The molecule has 17 heavy (non-hydrogen) atoms. The van der Waals surface area contributed by atoms with Crippen LogP contribution in [0.5, 0.6) is 0 Å². The fourth-order valence-corrected chi connectivity index (χ4v) is 1.39. The topological polar surface area (TPSA) is 104 Å². The summed E-state index contributed by atoms with van der Waals surface area (Å²) in [7, 11) is 0. The van der Waals surface area contributed by atoms with Crippen molar-refractivity contribution in [1.82, 2.24) is 15.1 Å². The smallest absolute Gasteiger partial charge is 0.274 e. The first-order chi connectivity index (χ1) is 8.22. The summed E-state index contributed by atoms with van der Waals surface area (Å²) in [6.07, 6.45) is 0.821. The first-order valence-corrected chi connectivity index (χ1v) is 5.43. The molecule has 0 unspecified atom stereocenters. The van der Waals surface area contributed by atoms with Gasteiger partial charge in [0.05, 0.1) is 6.61 Å². The van der Waals surface area contributed by atoms with E-state index >= 15 is 0 Å². The number of carbonyl (C=O) groups excluding carboxylic acids is 1. The molecule has 94 valence electrons. The third-order valence-corrected chi connectivity index (χ3v) is 2.18. The summed E-state index contributed by atoms with van der Waals surface area (Å²) in [5, 5.41) is 16.4. The summed E-state index contributed by atoms with van der Waals surface area (Å²) in [5.74, 6) is 5.31. The van der Waals surface area contributed by atoms with Gasteiger partial charge >= 0.3 is 0 Å². The largest absolute Gasteiger partial charge is 0.395 e. The van der Waals surface area contributed by atoms with Crippen LogP contribution in [0.3, 0.4) is 0 Å². The van der Waals surface area contributed by atoms with E-state index in [-0.39, 0.29) is 18.2 Å². The molecule has 7 heteroatoms. The second-order valence-electron chi connectivity index (χ2n) is 3.46. The molecular formula is C10H17N5O2. The monoisotopic (exact) mass is 239 g/mol. The standard InChI is InChI=1S/C10H17N5O2/c1-2-5-15(6-7-16)10(17)8-3-4-9(12-11)14-13-8/h3-4,16H,2,5-7,11H2,1H3,(H,12,14). The van der Waals surface area contributed by atoms with E-state index in [0.29, 0.717) is 18.9 Å². The maximum atomic E-state index is 12.0. The lowest BCUT2D eigenvalue weighted by Crippen LogP contribution is -2.34. The molecule has 4 N–H and O–H groups in total. The number of amides is 1. The van der Waals surface area contributed by atoms with E-state index in [2.05, 4.69) is 15.6 Å². The van der Waals surface area contributed by atoms with Gasteiger partial charge in [-0.1, -0.05) is 6.92 Å². The third kappa shape index (κ3) is 3.65. The molecule has 0 saturated heterocycles. The van der Waals surface area contributed by atoms with E-state index in [1.807, 2.05) is 6.92 Å². The number of nitrogens with one attached hydrogen (secondary N) is 1. The van der Waals surface area contributed by atoms with E-state index < -0.39 is 0 Å². The molecule has 7 nitrogen and oxygen atoms in total. The minimum atomic E-state index is -0.239. The quantitative estimate of drug-likeness (QED) is 0.461. The number of nitrogen functional groups attached to an aromatic ring is 1. The second kappa shape index (κ2) is 6.77. The van der Waals surface area contributed by atoms with Gasteiger partial charge in [0.1, 0.15) is 0 Å². The summed E-state index contributed by atoms with van der Waals surface area (Å²) in [5.41, 5.74) is 2.58. The Kier molecular flexibility index (Phi) is 5.31. The molecule has 0 aliphatic rings. The first kappa shape index (κ1) is 13.3. The molecule has 1 aromatic heterocycles. The molecule has 0 fully saturated rings. The molecule has 1 aromatic rings. The van der Waals surface area contributed by atoms with Crippen molar-refractivity contribution >= 4 is 11.7 Å². The fraction of sp³-hybridized carbons (Fsp3) is 0.500. The Morgan fingerprint density at radius 3 is 2.71 bits per heavy atom. The molecule has 1 heterocycles. The average Bonchev–Trinajstić information content (AvgIpc) is 2.38. The van der Waals surface area contributed by atoms with Crippen molar-refractivity contribution in [3.8, 4) is 0 Å². The number of nitrogens with two attached hydrogens (primary N) is 1. The Morgan fingerprint density at radius 1 is 1.47 bits per heavy atom. The lowest BCUT2D eigenvalue weighted by Gasteiger charge is -2.20. The van der Waals surface area contributed by atoms with Crippen LogP contribution in [0.25, 0.3) is 0 Å². The van der Waals surface area contributed by atoms with Crippen LogP contribution in [0.1, 0.15) is 23.8 Å². The number of rotatable bonds is 6. The van der Waals surface area contributed by atoms with E-state index in [0.717, 1.165) is 6.42 Å². The average molecular weight is 239 g/mol. The van der Waals surface area contributed by atoms with Crippen LogP contribution in [-0.4, -0.2) is 45.8 Å². The molecule has 0 aliphatic heterocycles. The lowest BCUT2D eigenvalue weighted by molar-refractivity contribution is 0.0715. The van der Waals surface area contributed by atoms with Crippen molar-refractivity contribution in [3.63, 3.8) is 0 Å². The van der Waals surface area contributed by atoms with Crippen molar-refractivity contribution in [1.29, 1.82) is 0 Å². The molecule has 0 radical (unpaired) electrons. The Balaban J connectivity index is 2.77. The van der Waals surface area contributed by atoms with Gasteiger partial charge in [-0.3, -0.25) is 4.79 Å². The number of aliphatic hydroxyl groups is 1. The van der Waals surface area contributed by atoms with Gasteiger partial charge in [0.2, 0.25) is 0 Å². The highest BCUT2D eigenvalue weighted by Crippen LogP contribution is 2.04. The predicted molar refractivity (Wildman–Crippen MR) is 63.1 cm³/mol. The highest BCUT2D eigenvalue weighted by Gasteiger charge is 2.16. The van der Waals surface area contributed by atoms with E-state index in [9.17, 15) is 4.79 Å². The summed E-state index contributed by atoms with van der Waals surface area (Å²) >= 11 is 0. The van der Waals surface area contributed by atoms with Gasteiger partial charge < -0.3 is 15.4 Å². The summed E-state index contributed by atoms with van der Waals surface area (Å²) in [6, 6.07) is 3.12. The third-order valence-electron chi connectivity index (χ3n) is 2.18. The van der Waals surface area contributed by atoms with Gasteiger partial charge in [-0.05, 0) is 18.6 Å². The molecule has 0 bridgehead atoms. The van der Waals surface area contributed by atoms with Crippen molar-refractivity contribution in [2.45, 2.75) is 13.3 Å². The van der Waals surface area contributed by atoms with Gasteiger partial charge in [-0.2, -0.15) is 0 Å². The molecular weight excluding hydrogens is 222 g/mol. The highest BCUT2D eigenvalue weighted by atomic mass is 16.3. The van der Waals surface area contributed by atoms with E-state index in [4.69, 9.17) is 10.9 Å². The predicted octanol–water partition coefficient (Wildman–Crippen LogP) is -0.393. The Hall–Kier alpha value is -1.73. The van der Waals surface area contributed by atoms with Crippen molar-refractivity contribution in [3.05, 3.63) is 17.8 Å². The Labute approximate surface area is 99.6 Å². The SMILES string of the molecule is CCCN(CCO)C(=O)c1ccc(NN)nn1. The van der Waals surface area contributed by atoms with Gasteiger partial charge in [-0.25, -0.2) is 5.84 Å². The van der Waals surface area contributed by atoms with Crippen LogP contribution in [-0.2, 0) is 0 Å². The number of carbonyl (C=O) groups is 1. The van der Waals surface area contributed by atoms with Crippen LogP contribution in [0.2, 0.25) is 0 Å². The van der Waals surface area contributed by atoms with Crippen molar-refractivity contribution in [2.75, 3.05) is 25.1 Å². The van der Waals surface area contributed by atoms with Crippen LogP contribution in [0.4, 0.5) is 5.82 Å². The molecule has 1 rings (SSSR count). The van der Waals surface area contributed by atoms with Crippen LogP contribution >= 0.6 is 0 Å². The molecule has 0 spiro atoms. The van der Waals surface area contributed by atoms with Crippen LogP contribution in [0, 0.1) is 0 Å². The number of aromatic nitrogens is 2. The van der Waals surface area contributed by atoms with Gasteiger partial charge in [0.25, 0.3) is 5.91 Å². The van der Waals surface area contributed by atoms with Gasteiger partial charge in [-0.15, -0.1) is 10.2 Å². The summed E-state index contributed by atoms with van der Waals surface area (Å²) in [4.78, 5) is 13.5. The number of hydrazine groups is 1. The Bertz CT molecular complexity index is 348. The van der Waals surface area contributed by atoms with Crippen LogP contribution in [0.15, 0.2) is 12.1 Å². The molecule has 1 amide bonds. The highest BCUT2D eigenvalue weighted by molar-refractivity contribution is 5.92. The molecule has 0 aromatic carbocycles. The number of anilines is 1. The zero-order valence-corrected chi connectivity index (χ0v) is 9.76. The van der Waals surface area contributed by atoms with Crippen molar-refractivity contribution in [2.24, 2.45) is 5.84 Å².